The highest BCUT2D eigenvalue weighted by atomic mass is 19.3. The lowest BCUT2D eigenvalue weighted by Crippen LogP contribution is -2.52. The van der Waals surface area contributed by atoms with Crippen LogP contribution in [-0.4, -0.2) is 72.1 Å². The van der Waals surface area contributed by atoms with Gasteiger partial charge in [0.1, 0.15) is 35.3 Å². The number of amides is 1. The van der Waals surface area contributed by atoms with Crippen molar-refractivity contribution in [2.75, 3.05) is 39.6 Å². The molecule has 1 amide bonds. The fraction of sp³-hybridized carbons (Fsp3) is 0.320. The molecule has 1 aliphatic rings. The zero-order chi connectivity index (χ0) is 26.6. The number of hydrogen-bond donors (Lipinski definition) is 2. The second kappa shape index (κ2) is 10.7. The number of piperidine rings is 1. The van der Waals surface area contributed by atoms with Gasteiger partial charge >= 0.3 is 0 Å². The number of methoxy groups -OCH3 is 1. The van der Waals surface area contributed by atoms with Gasteiger partial charge in [0.25, 0.3) is 11.8 Å². The van der Waals surface area contributed by atoms with Crippen LogP contribution in [0.2, 0.25) is 0 Å². The van der Waals surface area contributed by atoms with Crippen molar-refractivity contribution in [3.63, 3.8) is 0 Å². The Morgan fingerprint density at radius 1 is 1.22 bits per heavy atom. The molecule has 192 valence electrons. The molecule has 0 radical (unpaired) electrons. The molecule has 3 aromatic rings. The van der Waals surface area contributed by atoms with E-state index in [9.17, 15) is 18.8 Å². The maximum absolute atomic E-state index is 14.2. The smallest absolute Gasteiger partial charge is 0.296 e. The number of nitrogens with zero attached hydrogens (tertiary/aromatic N) is 5. The zero-order valence-electron chi connectivity index (χ0n) is 20.5. The maximum Gasteiger partial charge on any atom is 0.296 e. The Balaban J connectivity index is 1.55. The van der Waals surface area contributed by atoms with Crippen LogP contribution in [-0.2, 0) is 0 Å². The van der Waals surface area contributed by atoms with Gasteiger partial charge in [0, 0.05) is 32.1 Å². The largest absolute Gasteiger partial charge is 0.483 e. The number of alkyl halides is 2. The molecule has 4 rings (SSSR count). The van der Waals surface area contributed by atoms with Crippen LogP contribution in [0, 0.1) is 11.3 Å². The molecule has 37 heavy (non-hydrogen) atoms. The van der Waals surface area contributed by atoms with Crippen LogP contribution in [0.15, 0.2) is 42.7 Å². The summed E-state index contributed by atoms with van der Waals surface area (Å²) in [6, 6.07) is 11.5. The van der Waals surface area contributed by atoms with Crippen molar-refractivity contribution in [3.05, 3.63) is 53.9 Å². The van der Waals surface area contributed by atoms with Gasteiger partial charge in [-0.2, -0.15) is 10.2 Å². The predicted octanol–water partition coefficient (Wildman–Crippen LogP) is 3.24. The summed E-state index contributed by atoms with van der Waals surface area (Å²) in [7, 11) is 4.69. The molecule has 2 N–H and O–H groups in total. The van der Waals surface area contributed by atoms with E-state index < -0.39 is 18.6 Å². The Hall–Kier alpha value is -4.37. The van der Waals surface area contributed by atoms with Crippen LogP contribution in [0.4, 0.5) is 20.4 Å². The van der Waals surface area contributed by atoms with Crippen molar-refractivity contribution >= 4 is 17.5 Å². The highest BCUT2D eigenvalue weighted by molar-refractivity contribution is 5.96. The van der Waals surface area contributed by atoms with E-state index in [-0.39, 0.29) is 29.5 Å². The average molecular weight is 510 g/mol. The molecule has 1 aromatic carbocycles. The first kappa shape index (κ1) is 25.7. The van der Waals surface area contributed by atoms with Gasteiger partial charge in [-0.05, 0) is 36.9 Å². The van der Waals surface area contributed by atoms with E-state index in [0.717, 1.165) is 0 Å². The molecule has 10 nitrogen and oxygen atoms in total. The van der Waals surface area contributed by atoms with Crippen molar-refractivity contribution in [2.24, 2.45) is 0 Å². The lowest BCUT2D eigenvalue weighted by atomic mass is 10.0. The number of benzene rings is 1. The standard InChI is InChI=1S/C25H25F2N7O3/c1-34(2)24(35)17-5-7-21(33-23(17)36-3)32-22-11-18(30-14-31-22)15-4-6-19(16(10-15)12-28)37-20-8-9-29-13-25(20,26)27/h4-7,10-11,14,20,29H,8-9,13H2,1-3H3,(H,30,31,32,33). The summed E-state index contributed by atoms with van der Waals surface area (Å²) in [5.74, 6) is -2.24. The summed E-state index contributed by atoms with van der Waals surface area (Å²) < 4.78 is 39.2. The number of ether oxygens (including phenoxy) is 2. The second-order valence-corrected chi connectivity index (χ2v) is 8.52. The molecule has 2 aromatic heterocycles. The first-order valence-electron chi connectivity index (χ1n) is 11.4. The highest BCUT2D eigenvalue weighted by Crippen LogP contribution is 2.32. The predicted molar refractivity (Wildman–Crippen MR) is 131 cm³/mol. The second-order valence-electron chi connectivity index (χ2n) is 8.52. The number of carbonyl (C=O) groups is 1. The first-order valence-corrected chi connectivity index (χ1v) is 11.4. The van der Waals surface area contributed by atoms with Gasteiger partial charge in [-0.25, -0.2) is 18.7 Å². The van der Waals surface area contributed by atoms with Crippen LogP contribution in [0.3, 0.4) is 0 Å². The molecule has 12 heteroatoms. The minimum Gasteiger partial charge on any atom is -0.483 e. The molecular weight excluding hydrogens is 484 g/mol. The number of anilines is 2. The Morgan fingerprint density at radius 3 is 2.73 bits per heavy atom. The number of aromatic nitrogens is 3. The summed E-state index contributed by atoms with van der Waals surface area (Å²) in [6.45, 7) is -0.0594. The van der Waals surface area contributed by atoms with Crippen LogP contribution >= 0.6 is 0 Å². The Bertz CT molecular complexity index is 1340. The number of nitriles is 1. The number of carbonyl (C=O) groups excluding carboxylic acids is 1. The van der Waals surface area contributed by atoms with Gasteiger partial charge in [-0.3, -0.25) is 4.79 Å². The topological polar surface area (TPSA) is 125 Å². The molecular formula is C25H25F2N7O3. The summed E-state index contributed by atoms with van der Waals surface area (Å²) in [4.78, 5) is 26.5. The minimum absolute atomic E-state index is 0.0916. The zero-order valence-corrected chi connectivity index (χ0v) is 20.5. The SMILES string of the molecule is COc1nc(Nc2cc(-c3ccc(OC4CCNCC4(F)F)c(C#N)c3)ncn2)ccc1C(=O)N(C)C. The van der Waals surface area contributed by atoms with Crippen molar-refractivity contribution in [1.29, 1.82) is 5.26 Å². The minimum atomic E-state index is -3.04. The molecule has 1 fully saturated rings. The third kappa shape index (κ3) is 5.73. The molecule has 0 aliphatic carbocycles. The van der Waals surface area contributed by atoms with Crippen molar-refractivity contribution in [3.8, 4) is 29.0 Å². The number of halogens is 2. The Morgan fingerprint density at radius 2 is 2.03 bits per heavy atom. The van der Waals surface area contributed by atoms with E-state index in [2.05, 4.69) is 25.6 Å². The Labute approximate surface area is 212 Å². The third-order valence-corrected chi connectivity index (χ3v) is 5.69. The molecule has 1 unspecified atom stereocenters. The summed E-state index contributed by atoms with van der Waals surface area (Å²) in [6.07, 6.45) is 0.152. The molecule has 1 saturated heterocycles. The van der Waals surface area contributed by atoms with Gasteiger partial charge < -0.3 is 25.0 Å². The van der Waals surface area contributed by atoms with Crippen LogP contribution in [0.1, 0.15) is 22.3 Å². The fourth-order valence-electron chi connectivity index (χ4n) is 3.78. The van der Waals surface area contributed by atoms with Gasteiger partial charge in [0.05, 0.1) is 24.9 Å². The number of rotatable bonds is 7. The van der Waals surface area contributed by atoms with Gasteiger partial charge in [-0.1, -0.05) is 0 Å². The molecule has 0 saturated carbocycles. The van der Waals surface area contributed by atoms with Crippen LogP contribution in [0.5, 0.6) is 11.6 Å². The summed E-state index contributed by atoms with van der Waals surface area (Å²) >= 11 is 0. The van der Waals surface area contributed by atoms with E-state index >= 15 is 0 Å². The van der Waals surface area contributed by atoms with Gasteiger partial charge in [-0.15, -0.1) is 0 Å². The van der Waals surface area contributed by atoms with E-state index in [1.54, 1.807) is 38.4 Å². The normalized spacial score (nSPS) is 16.4. The number of nitrogens with one attached hydrogen (secondary N) is 2. The lowest BCUT2D eigenvalue weighted by Gasteiger charge is -2.32. The lowest BCUT2D eigenvalue weighted by molar-refractivity contribution is -0.109. The molecule has 0 spiro atoms. The van der Waals surface area contributed by atoms with Crippen molar-refractivity contribution < 1.29 is 23.0 Å². The van der Waals surface area contributed by atoms with E-state index in [1.807, 2.05) is 6.07 Å². The van der Waals surface area contributed by atoms with E-state index in [4.69, 9.17) is 9.47 Å². The van der Waals surface area contributed by atoms with E-state index in [0.29, 0.717) is 35.0 Å². The average Bonchev–Trinajstić information content (AvgIpc) is 2.89. The monoisotopic (exact) mass is 509 g/mol. The van der Waals surface area contributed by atoms with E-state index in [1.165, 1.54) is 30.5 Å². The molecule has 3 heterocycles. The summed E-state index contributed by atoms with van der Waals surface area (Å²) in [5, 5.41) is 15.3. The van der Waals surface area contributed by atoms with Gasteiger partial charge in [0.15, 0.2) is 6.10 Å². The van der Waals surface area contributed by atoms with Gasteiger partial charge in [0.2, 0.25) is 5.88 Å². The fourth-order valence-corrected chi connectivity index (χ4v) is 3.78. The van der Waals surface area contributed by atoms with Crippen LogP contribution < -0.4 is 20.1 Å². The number of hydrogen-bond acceptors (Lipinski definition) is 9. The Kier molecular flexibility index (Phi) is 7.45. The molecule has 1 atom stereocenters. The maximum atomic E-state index is 14.2. The first-order chi connectivity index (χ1) is 17.7. The summed E-state index contributed by atoms with van der Waals surface area (Å²) in [5.41, 5.74) is 1.49. The van der Waals surface area contributed by atoms with Crippen LogP contribution in [0.25, 0.3) is 11.3 Å². The third-order valence-electron chi connectivity index (χ3n) is 5.69. The highest BCUT2D eigenvalue weighted by Gasteiger charge is 2.43. The molecule has 1 aliphatic heterocycles. The molecule has 0 bridgehead atoms. The van der Waals surface area contributed by atoms with Crippen molar-refractivity contribution in [2.45, 2.75) is 18.4 Å². The van der Waals surface area contributed by atoms with Crippen molar-refractivity contribution in [1.82, 2.24) is 25.2 Å². The quantitative estimate of drug-likeness (QED) is 0.494. The number of pyridine rings is 1.